The lowest BCUT2D eigenvalue weighted by molar-refractivity contribution is 0.106. The summed E-state index contributed by atoms with van der Waals surface area (Å²) in [6.45, 7) is 0. The van der Waals surface area contributed by atoms with Crippen LogP contribution in [0.3, 0.4) is 0 Å². The molecule has 0 aliphatic carbocycles. The van der Waals surface area contributed by atoms with Crippen molar-refractivity contribution in [1.82, 2.24) is 10.1 Å². The highest BCUT2D eigenvalue weighted by Crippen LogP contribution is 2.23. The fraction of sp³-hybridized carbons (Fsp3) is 0.0667. The zero-order valence-corrected chi connectivity index (χ0v) is 12.0. The molecule has 22 heavy (non-hydrogen) atoms. The highest BCUT2D eigenvalue weighted by atomic mass is 32.2. The van der Waals surface area contributed by atoms with Crippen molar-refractivity contribution >= 4 is 10.8 Å². The number of rotatable bonds is 4. The molecular formula is C15H10F2N2O2S. The van der Waals surface area contributed by atoms with Crippen LogP contribution in [0.2, 0.25) is 0 Å². The summed E-state index contributed by atoms with van der Waals surface area (Å²) >= 11 is 0. The van der Waals surface area contributed by atoms with E-state index in [4.69, 9.17) is 0 Å². The van der Waals surface area contributed by atoms with E-state index in [2.05, 4.69) is 14.7 Å². The molecule has 2 aromatic carbocycles. The number of benzene rings is 2. The van der Waals surface area contributed by atoms with Gasteiger partial charge in [0.1, 0.15) is 0 Å². The van der Waals surface area contributed by atoms with Gasteiger partial charge in [0.15, 0.2) is 0 Å². The number of halogens is 2. The van der Waals surface area contributed by atoms with Crippen molar-refractivity contribution in [3.05, 3.63) is 60.5 Å². The summed E-state index contributed by atoms with van der Waals surface area (Å²) in [5.41, 5.74) is 0.518. The molecule has 1 heterocycles. The quantitative estimate of drug-likeness (QED) is 0.733. The van der Waals surface area contributed by atoms with Crippen molar-refractivity contribution in [2.24, 2.45) is 0 Å². The van der Waals surface area contributed by atoms with E-state index in [1.165, 1.54) is 0 Å². The van der Waals surface area contributed by atoms with Crippen LogP contribution in [0.25, 0.3) is 11.4 Å². The summed E-state index contributed by atoms with van der Waals surface area (Å²) in [4.78, 5) is 4.90. The van der Waals surface area contributed by atoms with E-state index in [9.17, 15) is 13.0 Å². The Morgan fingerprint density at radius 3 is 2.18 bits per heavy atom. The summed E-state index contributed by atoms with van der Waals surface area (Å²) < 4.78 is 41.6. The van der Waals surface area contributed by atoms with E-state index in [1.807, 2.05) is 18.2 Å². The molecule has 0 saturated heterocycles. The Morgan fingerprint density at radius 2 is 1.59 bits per heavy atom. The van der Waals surface area contributed by atoms with Crippen molar-refractivity contribution in [1.29, 1.82) is 0 Å². The predicted octanol–water partition coefficient (Wildman–Crippen LogP) is 3.84. The molecule has 0 amide bonds. The fourth-order valence-corrected chi connectivity index (χ4v) is 2.91. The van der Waals surface area contributed by atoms with Crippen LogP contribution in [-0.4, -0.2) is 14.3 Å². The third kappa shape index (κ3) is 2.94. The second-order valence-corrected chi connectivity index (χ2v) is 5.84. The van der Waals surface area contributed by atoms with Gasteiger partial charge in [-0.15, -0.1) is 0 Å². The van der Waals surface area contributed by atoms with Gasteiger partial charge >= 0.3 is 6.43 Å². The molecular weight excluding hydrogens is 310 g/mol. The highest BCUT2D eigenvalue weighted by molar-refractivity contribution is 7.85. The van der Waals surface area contributed by atoms with Gasteiger partial charge in [-0.2, -0.15) is 13.8 Å². The van der Waals surface area contributed by atoms with Crippen molar-refractivity contribution in [2.45, 2.75) is 16.2 Å². The molecule has 3 aromatic rings. The maximum Gasteiger partial charge on any atom is 0.315 e. The zero-order valence-electron chi connectivity index (χ0n) is 11.1. The van der Waals surface area contributed by atoms with Crippen molar-refractivity contribution < 1.29 is 17.5 Å². The van der Waals surface area contributed by atoms with E-state index >= 15 is 0 Å². The van der Waals surface area contributed by atoms with Crippen molar-refractivity contribution in [3.63, 3.8) is 0 Å². The van der Waals surface area contributed by atoms with Crippen LogP contribution in [0.15, 0.2) is 68.9 Å². The summed E-state index contributed by atoms with van der Waals surface area (Å²) in [6.07, 6.45) is -2.80. The summed E-state index contributed by atoms with van der Waals surface area (Å²) in [6, 6.07) is 15.6. The van der Waals surface area contributed by atoms with Crippen LogP contribution < -0.4 is 0 Å². The topological polar surface area (TPSA) is 56.0 Å². The van der Waals surface area contributed by atoms with Gasteiger partial charge in [0, 0.05) is 15.4 Å². The van der Waals surface area contributed by atoms with E-state index in [0.29, 0.717) is 15.4 Å². The van der Waals surface area contributed by atoms with Crippen LogP contribution in [-0.2, 0) is 10.8 Å². The predicted molar refractivity (Wildman–Crippen MR) is 75.8 cm³/mol. The SMILES string of the molecule is O=S(c1ccccc1)c1ccc(-c2noc(C(F)F)n2)cc1. The summed E-state index contributed by atoms with van der Waals surface area (Å²) in [5, 5.41) is 3.50. The van der Waals surface area contributed by atoms with Crippen molar-refractivity contribution in [3.8, 4) is 11.4 Å². The van der Waals surface area contributed by atoms with E-state index in [-0.39, 0.29) is 5.82 Å². The molecule has 1 unspecified atom stereocenters. The second-order valence-electron chi connectivity index (χ2n) is 4.36. The van der Waals surface area contributed by atoms with Gasteiger partial charge in [0.2, 0.25) is 5.82 Å². The minimum Gasteiger partial charge on any atom is -0.333 e. The minimum atomic E-state index is -2.80. The molecule has 0 fully saturated rings. The minimum absolute atomic E-state index is 0.0762. The lowest BCUT2D eigenvalue weighted by atomic mass is 10.2. The third-order valence-electron chi connectivity index (χ3n) is 2.91. The third-order valence-corrected chi connectivity index (χ3v) is 4.31. The average molecular weight is 320 g/mol. The molecule has 7 heteroatoms. The molecule has 3 rings (SSSR count). The van der Waals surface area contributed by atoms with Gasteiger partial charge in [0.25, 0.3) is 5.89 Å². The average Bonchev–Trinajstić information content (AvgIpc) is 3.05. The molecule has 0 aliphatic heterocycles. The first kappa shape index (κ1) is 14.5. The molecule has 0 spiro atoms. The molecule has 0 radical (unpaired) electrons. The first-order valence-corrected chi connectivity index (χ1v) is 7.49. The van der Waals surface area contributed by atoms with Gasteiger partial charge in [-0.3, -0.25) is 0 Å². The Bertz CT molecular complexity index is 789. The first-order chi connectivity index (χ1) is 10.6. The van der Waals surface area contributed by atoms with Gasteiger partial charge in [-0.25, -0.2) is 4.21 Å². The lowest BCUT2D eigenvalue weighted by Crippen LogP contribution is -1.92. The number of hydrogen-bond acceptors (Lipinski definition) is 4. The molecule has 0 bridgehead atoms. The monoisotopic (exact) mass is 320 g/mol. The molecule has 0 saturated carbocycles. The number of hydrogen-bond donors (Lipinski definition) is 0. The van der Waals surface area contributed by atoms with Gasteiger partial charge in [-0.1, -0.05) is 23.4 Å². The molecule has 1 atom stereocenters. The molecule has 4 nitrogen and oxygen atoms in total. The van der Waals surface area contributed by atoms with Crippen LogP contribution in [0, 0.1) is 0 Å². The molecule has 0 aliphatic rings. The Morgan fingerprint density at radius 1 is 0.955 bits per heavy atom. The van der Waals surface area contributed by atoms with E-state index < -0.39 is 23.1 Å². The molecule has 0 N–H and O–H groups in total. The Labute approximate surface area is 127 Å². The highest BCUT2D eigenvalue weighted by Gasteiger charge is 2.17. The Balaban J connectivity index is 1.85. The van der Waals surface area contributed by atoms with Crippen LogP contribution in [0.5, 0.6) is 0 Å². The fourth-order valence-electron chi connectivity index (χ4n) is 1.85. The summed E-state index contributed by atoms with van der Waals surface area (Å²) in [7, 11) is -1.30. The smallest absolute Gasteiger partial charge is 0.315 e. The largest absolute Gasteiger partial charge is 0.333 e. The maximum atomic E-state index is 12.4. The van der Waals surface area contributed by atoms with Crippen LogP contribution in [0.1, 0.15) is 12.3 Å². The number of aromatic nitrogens is 2. The normalized spacial score (nSPS) is 12.5. The molecule has 112 valence electrons. The molecule has 1 aromatic heterocycles. The maximum absolute atomic E-state index is 12.4. The van der Waals surface area contributed by atoms with Gasteiger partial charge in [-0.05, 0) is 36.4 Å². The summed E-state index contributed by atoms with van der Waals surface area (Å²) in [5.74, 6) is -0.640. The van der Waals surface area contributed by atoms with E-state index in [0.717, 1.165) is 0 Å². The van der Waals surface area contributed by atoms with Crippen LogP contribution >= 0.6 is 0 Å². The standard InChI is InChI=1S/C15H10F2N2O2S/c16-13(17)15-18-14(19-21-15)10-6-8-12(9-7-10)22(20)11-4-2-1-3-5-11/h1-9,13H. The Kier molecular flexibility index (Phi) is 4.06. The zero-order chi connectivity index (χ0) is 15.5. The number of nitrogens with zero attached hydrogens (tertiary/aromatic N) is 2. The number of alkyl halides is 2. The second kappa shape index (κ2) is 6.15. The lowest BCUT2D eigenvalue weighted by Gasteiger charge is -2.02. The Hall–Kier alpha value is -2.41. The van der Waals surface area contributed by atoms with Gasteiger partial charge < -0.3 is 4.52 Å². The van der Waals surface area contributed by atoms with Crippen molar-refractivity contribution in [2.75, 3.05) is 0 Å². The van der Waals surface area contributed by atoms with Gasteiger partial charge in [0.05, 0.1) is 10.8 Å². The van der Waals surface area contributed by atoms with Crippen LogP contribution in [0.4, 0.5) is 8.78 Å². The van der Waals surface area contributed by atoms with E-state index in [1.54, 1.807) is 36.4 Å². The first-order valence-electron chi connectivity index (χ1n) is 6.34.